The molecule has 0 aromatic heterocycles. The fourth-order valence-electron chi connectivity index (χ4n) is 2.07. The van der Waals surface area contributed by atoms with Crippen molar-refractivity contribution in [2.45, 2.75) is 26.3 Å². The van der Waals surface area contributed by atoms with Crippen molar-refractivity contribution in [3.05, 3.63) is 23.8 Å². The summed E-state index contributed by atoms with van der Waals surface area (Å²) >= 11 is 0. The number of anilines is 2. The van der Waals surface area contributed by atoms with Crippen molar-refractivity contribution in [1.82, 2.24) is 10.2 Å². The Hall–Kier alpha value is -2.57. The van der Waals surface area contributed by atoms with E-state index < -0.39 is 17.5 Å². The minimum absolute atomic E-state index is 0.210. The first-order chi connectivity index (χ1) is 9.71. The Morgan fingerprint density at radius 1 is 1.38 bits per heavy atom. The number of carbonyl (C=O) groups excluding carboxylic acids is 3. The lowest BCUT2D eigenvalue weighted by Gasteiger charge is -2.27. The first kappa shape index (κ1) is 14.8. The van der Waals surface area contributed by atoms with Crippen molar-refractivity contribution >= 4 is 29.2 Å². The molecular weight excluding hydrogens is 272 g/mol. The van der Waals surface area contributed by atoms with Crippen LogP contribution in [0, 0.1) is 6.92 Å². The number of nitrogens with one attached hydrogen (secondary N) is 2. The summed E-state index contributed by atoms with van der Waals surface area (Å²) < 4.78 is 0. The molecule has 1 aromatic carbocycles. The number of nitrogens with two attached hydrogens (primary N) is 1. The van der Waals surface area contributed by atoms with Crippen molar-refractivity contribution in [3.8, 4) is 0 Å². The van der Waals surface area contributed by atoms with Crippen LogP contribution in [0.3, 0.4) is 0 Å². The van der Waals surface area contributed by atoms with Gasteiger partial charge in [-0.1, -0.05) is 6.07 Å². The first-order valence-corrected chi connectivity index (χ1v) is 6.51. The van der Waals surface area contributed by atoms with Gasteiger partial charge >= 0.3 is 6.03 Å². The van der Waals surface area contributed by atoms with Gasteiger partial charge in [0.1, 0.15) is 12.1 Å². The van der Waals surface area contributed by atoms with Gasteiger partial charge < -0.3 is 16.0 Å². The monoisotopic (exact) mass is 290 g/mol. The number of imide groups is 1. The van der Waals surface area contributed by atoms with Gasteiger partial charge in [0.15, 0.2) is 0 Å². The van der Waals surface area contributed by atoms with Gasteiger partial charge in [0.25, 0.3) is 5.91 Å². The Kier molecular flexibility index (Phi) is 3.59. The standard InChI is InChI=1S/C14H18N4O3/c1-8-4-5-9(15)6-10(8)16-11(19)7-18-13(21)17-12(20)14(18,2)3/h4-6H,7,15H2,1-3H3,(H,16,19)(H,17,20,21). The molecule has 7 nitrogen and oxygen atoms in total. The highest BCUT2D eigenvalue weighted by molar-refractivity contribution is 6.08. The third-order valence-electron chi connectivity index (χ3n) is 3.53. The van der Waals surface area contributed by atoms with Crippen LogP contribution in [0.2, 0.25) is 0 Å². The highest BCUT2D eigenvalue weighted by Gasteiger charge is 2.46. The summed E-state index contributed by atoms with van der Waals surface area (Å²) in [6.45, 7) is 4.81. The van der Waals surface area contributed by atoms with Crippen molar-refractivity contribution in [2.24, 2.45) is 0 Å². The van der Waals surface area contributed by atoms with Gasteiger partial charge in [-0.05, 0) is 38.5 Å². The van der Waals surface area contributed by atoms with Gasteiger partial charge in [0.05, 0.1) is 0 Å². The lowest BCUT2D eigenvalue weighted by Crippen LogP contribution is -2.47. The maximum absolute atomic E-state index is 12.1. The normalized spacial score (nSPS) is 16.8. The average Bonchev–Trinajstić information content (AvgIpc) is 2.57. The van der Waals surface area contributed by atoms with E-state index in [0.717, 1.165) is 5.56 Å². The Balaban J connectivity index is 2.10. The van der Waals surface area contributed by atoms with E-state index in [1.807, 2.05) is 6.92 Å². The molecule has 1 fully saturated rings. The summed E-state index contributed by atoms with van der Waals surface area (Å²) in [4.78, 5) is 36.6. The van der Waals surface area contributed by atoms with Crippen molar-refractivity contribution < 1.29 is 14.4 Å². The summed E-state index contributed by atoms with van der Waals surface area (Å²) in [5.74, 6) is -0.804. The minimum atomic E-state index is -1.04. The second-order valence-electron chi connectivity index (χ2n) is 5.53. The smallest absolute Gasteiger partial charge is 0.325 e. The highest BCUT2D eigenvalue weighted by Crippen LogP contribution is 2.22. The van der Waals surface area contributed by atoms with Crippen LogP contribution in [0.4, 0.5) is 16.2 Å². The van der Waals surface area contributed by atoms with Crippen LogP contribution in [0.15, 0.2) is 18.2 Å². The predicted octanol–water partition coefficient (Wildman–Crippen LogP) is 0.846. The molecule has 1 saturated heterocycles. The molecular formula is C14H18N4O3. The van der Waals surface area contributed by atoms with Gasteiger partial charge in [-0.3, -0.25) is 14.9 Å². The molecule has 0 unspecified atom stereocenters. The van der Waals surface area contributed by atoms with Crippen LogP contribution < -0.4 is 16.4 Å². The van der Waals surface area contributed by atoms with Crippen LogP contribution in [-0.4, -0.2) is 34.8 Å². The lowest BCUT2D eigenvalue weighted by atomic mass is 10.0. The summed E-state index contributed by atoms with van der Waals surface area (Å²) in [6, 6.07) is 4.61. The Labute approximate surface area is 122 Å². The zero-order valence-corrected chi connectivity index (χ0v) is 12.2. The maximum atomic E-state index is 12.1. The van der Waals surface area contributed by atoms with Crippen LogP contribution in [-0.2, 0) is 9.59 Å². The van der Waals surface area contributed by atoms with Crippen molar-refractivity contribution in [1.29, 1.82) is 0 Å². The number of urea groups is 1. The third-order valence-corrected chi connectivity index (χ3v) is 3.53. The van der Waals surface area contributed by atoms with Crippen LogP contribution >= 0.6 is 0 Å². The number of benzene rings is 1. The number of amides is 4. The minimum Gasteiger partial charge on any atom is -0.399 e. The van der Waals surface area contributed by atoms with Gasteiger partial charge in [-0.2, -0.15) is 0 Å². The van der Waals surface area contributed by atoms with Gasteiger partial charge in [-0.15, -0.1) is 0 Å². The van der Waals surface area contributed by atoms with Crippen LogP contribution in [0.25, 0.3) is 0 Å². The van der Waals surface area contributed by atoms with E-state index in [1.165, 1.54) is 4.90 Å². The van der Waals surface area contributed by atoms with Gasteiger partial charge in [0, 0.05) is 11.4 Å². The molecule has 4 N–H and O–H groups in total. The van der Waals surface area contributed by atoms with E-state index in [0.29, 0.717) is 11.4 Å². The maximum Gasteiger partial charge on any atom is 0.325 e. The molecule has 1 aliphatic rings. The van der Waals surface area contributed by atoms with Crippen molar-refractivity contribution in [2.75, 3.05) is 17.6 Å². The van der Waals surface area contributed by atoms with Crippen LogP contribution in [0.1, 0.15) is 19.4 Å². The number of hydrogen-bond donors (Lipinski definition) is 3. The molecule has 0 atom stereocenters. The topological polar surface area (TPSA) is 105 Å². The molecule has 0 radical (unpaired) electrons. The lowest BCUT2D eigenvalue weighted by molar-refractivity contribution is -0.126. The third kappa shape index (κ3) is 2.81. The number of nitrogen functional groups attached to an aromatic ring is 1. The fraction of sp³-hybridized carbons (Fsp3) is 0.357. The molecule has 1 aliphatic heterocycles. The van der Waals surface area contributed by atoms with E-state index in [2.05, 4.69) is 10.6 Å². The second-order valence-corrected chi connectivity index (χ2v) is 5.53. The zero-order valence-electron chi connectivity index (χ0n) is 12.2. The van der Waals surface area contributed by atoms with E-state index in [4.69, 9.17) is 5.73 Å². The molecule has 1 heterocycles. The molecule has 0 bridgehead atoms. The number of hydrogen-bond acceptors (Lipinski definition) is 4. The second kappa shape index (κ2) is 5.08. The summed E-state index contributed by atoms with van der Waals surface area (Å²) in [7, 11) is 0. The number of rotatable bonds is 3. The van der Waals surface area contributed by atoms with E-state index in [9.17, 15) is 14.4 Å². The highest BCUT2D eigenvalue weighted by atomic mass is 16.2. The van der Waals surface area contributed by atoms with E-state index >= 15 is 0 Å². The number of nitrogens with zero attached hydrogens (tertiary/aromatic N) is 1. The van der Waals surface area contributed by atoms with Gasteiger partial charge in [-0.25, -0.2) is 4.79 Å². The molecule has 1 aromatic rings. The molecule has 112 valence electrons. The van der Waals surface area contributed by atoms with Crippen LogP contribution in [0.5, 0.6) is 0 Å². The van der Waals surface area contributed by atoms with Gasteiger partial charge in [0.2, 0.25) is 5.91 Å². The largest absolute Gasteiger partial charge is 0.399 e. The summed E-state index contributed by atoms with van der Waals surface area (Å²) in [5, 5.41) is 4.89. The zero-order chi connectivity index (χ0) is 15.8. The molecule has 4 amide bonds. The molecule has 2 rings (SSSR count). The Morgan fingerprint density at radius 3 is 2.62 bits per heavy atom. The fourth-order valence-corrected chi connectivity index (χ4v) is 2.07. The quantitative estimate of drug-likeness (QED) is 0.567. The van der Waals surface area contributed by atoms with Crippen molar-refractivity contribution in [3.63, 3.8) is 0 Å². The average molecular weight is 290 g/mol. The summed E-state index contributed by atoms with van der Waals surface area (Å²) in [5.41, 5.74) is 6.62. The molecule has 7 heteroatoms. The first-order valence-electron chi connectivity index (χ1n) is 6.51. The SMILES string of the molecule is Cc1ccc(N)cc1NC(=O)CN1C(=O)NC(=O)C1(C)C. The number of aryl methyl sites for hydroxylation is 1. The number of carbonyl (C=O) groups is 3. The molecule has 0 spiro atoms. The molecule has 0 aliphatic carbocycles. The molecule has 0 saturated carbocycles. The summed E-state index contributed by atoms with van der Waals surface area (Å²) in [6.07, 6.45) is 0. The predicted molar refractivity (Wildman–Crippen MR) is 78.5 cm³/mol. The Bertz CT molecular complexity index is 625. The molecule has 21 heavy (non-hydrogen) atoms. The van der Waals surface area contributed by atoms with E-state index in [-0.39, 0.29) is 12.5 Å². The van der Waals surface area contributed by atoms with E-state index in [1.54, 1.807) is 32.0 Å². The Morgan fingerprint density at radius 2 is 2.05 bits per heavy atom.